The minimum atomic E-state index is -0.635. The summed E-state index contributed by atoms with van der Waals surface area (Å²) in [5.74, 6) is 5.08. The lowest BCUT2D eigenvalue weighted by molar-refractivity contribution is -0.383. The summed E-state index contributed by atoms with van der Waals surface area (Å²) < 4.78 is 0.762. The van der Waals surface area contributed by atoms with Gasteiger partial charge in [-0.2, -0.15) is 0 Å². The van der Waals surface area contributed by atoms with Gasteiger partial charge in [0.25, 0.3) is 0 Å². The maximum absolute atomic E-state index is 11.1. The molecule has 4 N–H and O–H groups in total. The maximum atomic E-state index is 11.1. The zero-order valence-corrected chi connectivity index (χ0v) is 12.1. The van der Waals surface area contributed by atoms with E-state index in [1.165, 1.54) is 0 Å². The fourth-order valence-electron chi connectivity index (χ4n) is 1.47. The predicted octanol–water partition coefficient (Wildman–Crippen LogP) is 2.83. The van der Waals surface area contributed by atoms with Crippen LogP contribution in [0, 0.1) is 10.1 Å². The van der Waals surface area contributed by atoms with E-state index in [9.17, 15) is 10.1 Å². The Labute approximate surface area is 126 Å². The number of nitrogens with zero attached hydrogens (tertiary/aromatic N) is 3. The van der Waals surface area contributed by atoms with Gasteiger partial charge in [-0.05, 0) is 18.2 Å². The van der Waals surface area contributed by atoms with Crippen molar-refractivity contribution < 1.29 is 4.92 Å². The van der Waals surface area contributed by atoms with Crippen molar-refractivity contribution in [3.8, 4) is 0 Å². The molecule has 0 bridgehead atoms. The third-order valence-electron chi connectivity index (χ3n) is 2.32. The smallest absolute Gasteiger partial charge is 0.333 e. The molecule has 0 aliphatic rings. The number of halogens is 2. The SMILES string of the molecule is NNc1ncnc(Nc2cc(Br)ccc2Cl)c1[N+](=O)[O-]. The molecule has 0 aliphatic carbocycles. The van der Waals surface area contributed by atoms with Gasteiger partial charge >= 0.3 is 5.69 Å². The third-order valence-corrected chi connectivity index (χ3v) is 3.15. The first-order valence-electron chi connectivity index (χ1n) is 5.21. The standard InChI is InChI=1S/C10H8BrClN6O2/c11-5-1-2-6(12)7(3-5)16-9-8(18(19)20)10(17-13)15-4-14-9/h1-4H,13H2,(H2,14,15,16,17). The number of nitro groups is 1. The summed E-state index contributed by atoms with van der Waals surface area (Å²) in [4.78, 5) is 18.0. The fraction of sp³-hybridized carbons (Fsp3) is 0. The molecule has 1 aromatic heterocycles. The molecule has 0 saturated heterocycles. The quantitative estimate of drug-likeness (QED) is 0.436. The van der Waals surface area contributed by atoms with Crippen molar-refractivity contribution in [2.75, 3.05) is 10.7 Å². The number of nitrogens with two attached hydrogens (primary N) is 1. The summed E-state index contributed by atoms with van der Waals surface area (Å²) in [7, 11) is 0. The van der Waals surface area contributed by atoms with Crippen molar-refractivity contribution in [2.24, 2.45) is 5.84 Å². The Balaban J connectivity index is 2.48. The Morgan fingerprint density at radius 3 is 2.70 bits per heavy atom. The maximum Gasteiger partial charge on any atom is 0.354 e. The molecule has 0 aliphatic heterocycles. The minimum Gasteiger partial charge on any atom is -0.333 e. The van der Waals surface area contributed by atoms with E-state index < -0.39 is 4.92 Å². The highest BCUT2D eigenvalue weighted by Gasteiger charge is 2.23. The number of anilines is 3. The summed E-state index contributed by atoms with van der Waals surface area (Å²) in [6.07, 6.45) is 1.15. The Morgan fingerprint density at radius 1 is 1.35 bits per heavy atom. The number of benzene rings is 1. The number of aromatic nitrogens is 2. The van der Waals surface area contributed by atoms with Crippen LogP contribution in [0.1, 0.15) is 0 Å². The zero-order valence-electron chi connectivity index (χ0n) is 9.80. The van der Waals surface area contributed by atoms with E-state index in [1.54, 1.807) is 18.2 Å². The van der Waals surface area contributed by atoms with Crippen molar-refractivity contribution in [3.05, 3.63) is 44.1 Å². The Hall–Kier alpha value is -1.97. The van der Waals surface area contributed by atoms with Gasteiger partial charge in [0.15, 0.2) is 0 Å². The zero-order chi connectivity index (χ0) is 14.7. The molecular formula is C10H8BrClN6O2. The number of nitrogen functional groups attached to an aromatic ring is 1. The van der Waals surface area contributed by atoms with E-state index in [2.05, 4.69) is 36.6 Å². The lowest BCUT2D eigenvalue weighted by Gasteiger charge is -2.09. The van der Waals surface area contributed by atoms with Gasteiger partial charge in [-0.15, -0.1) is 0 Å². The number of hydrazine groups is 1. The molecule has 0 atom stereocenters. The first kappa shape index (κ1) is 14.4. The van der Waals surface area contributed by atoms with Gasteiger partial charge in [0.1, 0.15) is 6.33 Å². The molecule has 10 heteroatoms. The minimum absolute atomic E-state index is 0.0158. The molecule has 0 spiro atoms. The first-order valence-corrected chi connectivity index (χ1v) is 6.38. The van der Waals surface area contributed by atoms with Crippen LogP contribution in [-0.4, -0.2) is 14.9 Å². The average Bonchev–Trinajstić information content (AvgIpc) is 2.42. The van der Waals surface area contributed by atoms with E-state index in [4.69, 9.17) is 17.4 Å². The normalized spacial score (nSPS) is 10.2. The van der Waals surface area contributed by atoms with E-state index in [0.29, 0.717) is 10.7 Å². The Morgan fingerprint density at radius 2 is 2.05 bits per heavy atom. The highest BCUT2D eigenvalue weighted by Crippen LogP contribution is 2.33. The number of hydrogen-bond acceptors (Lipinski definition) is 7. The molecule has 0 unspecified atom stereocenters. The van der Waals surface area contributed by atoms with Gasteiger partial charge in [-0.25, -0.2) is 15.8 Å². The van der Waals surface area contributed by atoms with Gasteiger partial charge < -0.3 is 10.7 Å². The molecule has 8 nitrogen and oxygen atoms in total. The van der Waals surface area contributed by atoms with Crippen molar-refractivity contribution in [2.45, 2.75) is 0 Å². The molecule has 0 fully saturated rings. The van der Waals surface area contributed by atoms with Crippen LogP contribution in [0.3, 0.4) is 0 Å². The second-order valence-electron chi connectivity index (χ2n) is 3.57. The molecule has 20 heavy (non-hydrogen) atoms. The van der Waals surface area contributed by atoms with Gasteiger partial charge in [0.05, 0.1) is 15.6 Å². The van der Waals surface area contributed by atoms with Gasteiger partial charge in [0, 0.05) is 4.47 Å². The molecule has 104 valence electrons. The number of hydrogen-bond donors (Lipinski definition) is 3. The monoisotopic (exact) mass is 358 g/mol. The molecule has 1 heterocycles. The summed E-state index contributed by atoms with van der Waals surface area (Å²) in [6, 6.07) is 5.06. The lowest BCUT2D eigenvalue weighted by Crippen LogP contribution is -2.12. The summed E-state index contributed by atoms with van der Waals surface area (Å²) >= 11 is 9.30. The second kappa shape index (κ2) is 5.99. The van der Waals surface area contributed by atoms with Gasteiger partial charge in [-0.3, -0.25) is 10.1 Å². The fourth-order valence-corrected chi connectivity index (χ4v) is 2.00. The molecular weight excluding hydrogens is 352 g/mol. The average molecular weight is 360 g/mol. The van der Waals surface area contributed by atoms with Crippen LogP contribution in [0.25, 0.3) is 0 Å². The predicted molar refractivity (Wildman–Crippen MR) is 78.9 cm³/mol. The molecule has 1 aromatic carbocycles. The van der Waals surface area contributed by atoms with Gasteiger partial charge in [0.2, 0.25) is 11.6 Å². The topological polar surface area (TPSA) is 119 Å². The van der Waals surface area contributed by atoms with Crippen molar-refractivity contribution in [1.82, 2.24) is 9.97 Å². The molecule has 0 saturated carbocycles. The van der Waals surface area contributed by atoms with Crippen LogP contribution in [0.5, 0.6) is 0 Å². The molecule has 0 amide bonds. The van der Waals surface area contributed by atoms with Crippen molar-refractivity contribution in [1.29, 1.82) is 0 Å². The van der Waals surface area contributed by atoms with E-state index in [1.807, 2.05) is 0 Å². The van der Waals surface area contributed by atoms with Crippen LogP contribution in [-0.2, 0) is 0 Å². The van der Waals surface area contributed by atoms with Crippen LogP contribution >= 0.6 is 27.5 Å². The van der Waals surface area contributed by atoms with Crippen molar-refractivity contribution in [3.63, 3.8) is 0 Å². The van der Waals surface area contributed by atoms with Gasteiger partial charge in [-0.1, -0.05) is 27.5 Å². The largest absolute Gasteiger partial charge is 0.354 e. The molecule has 0 radical (unpaired) electrons. The van der Waals surface area contributed by atoms with E-state index >= 15 is 0 Å². The molecule has 2 rings (SSSR count). The van der Waals surface area contributed by atoms with E-state index in [-0.39, 0.29) is 17.3 Å². The third kappa shape index (κ3) is 2.95. The highest BCUT2D eigenvalue weighted by molar-refractivity contribution is 9.10. The van der Waals surface area contributed by atoms with Crippen molar-refractivity contribution >= 4 is 50.5 Å². The van der Waals surface area contributed by atoms with Crippen LogP contribution in [0.2, 0.25) is 5.02 Å². The van der Waals surface area contributed by atoms with Crippen LogP contribution in [0.15, 0.2) is 29.0 Å². The lowest BCUT2D eigenvalue weighted by atomic mass is 10.3. The number of nitrogens with one attached hydrogen (secondary N) is 2. The van der Waals surface area contributed by atoms with E-state index in [0.717, 1.165) is 10.8 Å². The van der Waals surface area contributed by atoms with Crippen LogP contribution in [0.4, 0.5) is 23.0 Å². The van der Waals surface area contributed by atoms with Crippen LogP contribution < -0.4 is 16.6 Å². The molecule has 2 aromatic rings. The second-order valence-corrected chi connectivity index (χ2v) is 4.89. The first-order chi connectivity index (χ1) is 9.52. The summed E-state index contributed by atoms with van der Waals surface area (Å²) in [5.41, 5.74) is 2.25. The number of rotatable bonds is 4. The summed E-state index contributed by atoms with van der Waals surface area (Å²) in [5, 5.41) is 14.3. The Bertz CT molecular complexity index is 668. The Kier molecular flexibility index (Phi) is 4.32. The highest BCUT2D eigenvalue weighted by atomic mass is 79.9. The summed E-state index contributed by atoms with van der Waals surface area (Å²) in [6.45, 7) is 0.